The number of hydrogen-bond donors (Lipinski definition) is 3. The zero-order valence-electron chi connectivity index (χ0n) is 14.9. The highest BCUT2D eigenvalue weighted by Crippen LogP contribution is 2.12. The van der Waals surface area contributed by atoms with Crippen LogP contribution in [0.15, 0.2) is 52.1 Å². The van der Waals surface area contributed by atoms with Crippen molar-refractivity contribution in [2.75, 3.05) is 12.4 Å². The minimum absolute atomic E-state index is 0. The second-order valence-electron chi connectivity index (χ2n) is 6.43. The molecule has 1 amide bonds. The molecular weight excluding hydrogens is 431 g/mol. The van der Waals surface area contributed by atoms with Crippen LogP contribution in [0.2, 0.25) is 0 Å². The van der Waals surface area contributed by atoms with Gasteiger partial charge in [-0.2, -0.15) is 0 Å². The first kappa shape index (κ1) is 21.0. The Bertz CT molecular complexity index is 706. The van der Waals surface area contributed by atoms with Crippen molar-refractivity contribution in [1.29, 1.82) is 0 Å². The van der Waals surface area contributed by atoms with Gasteiger partial charge in [-0.25, -0.2) is 0 Å². The molecule has 0 radical (unpaired) electrons. The molecule has 25 heavy (non-hydrogen) atoms. The number of anilines is 1. The molecule has 136 valence electrons. The maximum atomic E-state index is 12.0. The SMILES string of the molecule is CN=C(NCc1cccc(NC(=O)c2ccco2)c1)NC(C)(C)C.I. The van der Waals surface area contributed by atoms with Crippen LogP contribution in [0.5, 0.6) is 0 Å². The zero-order chi connectivity index (χ0) is 17.6. The van der Waals surface area contributed by atoms with Gasteiger partial charge in [0, 0.05) is 24.8 Å². The first-order valence-corrected chi connectivity index (χ1v) is 7.80. The standard InChI is InChI=1S/C18H24N4O2.HI/c1-18(2,3)22-17(19-4)20-12-13-7-5-8-14(11-13)21-16(23)15-9-6-10-24-15;/h5-11H,12H2,1-4H3,(H,21,23)(H2,19,20,22);1H. The Morgan fingerprint density at radius 2 is 1.96 bits per heavy atom. The average Bonchev–Trinajstić information content (AvgIpc) is 3.05. The number of guanidine groups is 1. The molecule has 1 heterocycles. The van der Waals surface area contributed by atoms with E-state index in [2.05, 4.69) is 41.7 Å². The predicted octanol–water partition coefficient (Wildman–Crippen LogP) is 3.61. The summed E-state index contributed by atoms with van der Waals surface area (Å²) in [5, 5.41) is 9.37. The molecule has 1 aromatic carbocycles. The van der Waals surface area contributed by atoms with Gasteiger partial charge >= 0.3 is 0 Å². The van der Waals surface area contributed by atoms with E-state index in [9.17, 15) is 4.79 Å². The van der Waals surface area contributed by atoms with E-state index in [1.807, 2.05) is 24.3 Å². The van der Waals surface area contributed by atoms with E-state index in [0.717, 1.165) is 17.2 Å². The second-order valence-corrected chi connectivity index (χ2v) is 6.43. The van der Waals surface area contributed by atoms with Crippen molar-refractivity contribution >= 4 is 41.5 Å². The van der Waals surface area contributed by atoms with E-state index in [-0.39, 0.29) is 41.2 Å². The number of carbonyl (C=O) groups excluding carboxylic acids is 1. The number of rotatable bonds is 4. The Morgan fingerprint density at radius 1 is 1.20 bits per heavy atom. The summed E-state index contributed by atoms with van der Waals surface area (Å²) in [6, 6.07) is 10.9. The molecule has 0 aliphatic rings. The highest BCUT2D eigenvalue weighted by molar-refractivity contribution is 14.0. The minimum Gasteiger partial charge on any atom is -0.459 e. The van der Waals surface area contributed by atoms with E-state index >= 15 is 0 Å². The van der Waals surface area contributed by atoms with Gasteiger partial charge in [0.05, 0.1) is 6.26 Å². The highest BCUT2D eigenvalue weighted by atomic mass is 127. The first-order chi connectivity index (χ1) is 11.4. The molecule has 0 saturated heterocycles. The normalized spacial score (nSPS) is 11.4. The van der Waals surface area contributed by atoms with Crippen LogP contribution in [0.4, 0.5) is 5.69 Å². The number of halogens is 1. The van der Waals surface area contributed by atoms with Gasteiger partial charge in [0.15, 0.2) is 11.7 Å². The van der Waals surface area contributed by atoms with Gasteiger partial charge in [-0.3, -0.25) is 9.79 Å². The summed E-state index contributed by atoms with van der Waals surface area (Å²) in [5.74, 6) is 0.746. The zero-order valence-corrected chi connectivity index (χ0v) is 17.3. The predicted molar refractivity (Wildman–Crippen MR) is 112 cm³/mol. The van der Waals surface area contributed by atoms with Crippen molar-refractivity contribution in [3.05, 3.63) is 54.0 Å². The molecule has 0 aliphatic heterocycles. The number of carbonyl (C=O) groups is 1. The second kappa shape index (κ2) is 9.45. The molecule has 0 saturated carbocycles. The topological polar surface area (TPSA) is 78.7 Å². The largest absolute Gasteiger partial charge is 0.459 e. The van der Waals surface area contributed by atoms with Crippen molar-refractivity contribution in [3.8, 4) is 0 Å². The smallest absolute Gasteiger partial charge is 0.291 e. The average molecular weight is 456 g/mol. The van der Waals surface area contributed by atoms with Gasteiger partial charge in [-0.15, -0.1) is 24.0 Å². The summed E-state index contributed by atoms with van der Waals surface area (Å²) >= 11 is 0. The Balaban J connectivity index is 0.00000312. The maximum absolute atomic E-state index is 12.0. The molecule has 0 fully saturated rings. The Labute approximate surface area is 165 Å². The monoisotopic (exact) mass is 456 g/mol. The summed E-state index contributed by atoms with van der Waals surface area (Å²) < 4.78 is 5.09. The lowest BCUT2D eigenvalue weighted by Gasteiger charge is -2.23. The first-order valence-electron chi connectivity index (χ1n) is 7.80. The summed E-state index contributed by atoms with van der Waals surface area (Å²) in [5.41, 5.74) is 1.68. The highest BCUT2D eigenvalue weighted by Gasteiger charge is 2.12. The van der Waals surface area contributed by atoms with Gasteiger partial charge in [-0.1, -0.05) is 12.1 Å². The van der Waals surface area contributed by atoms with Crippen molar-refractivity contribution in [3.63, 3.8) is 0 Å². The summed E-state index contributed by atoms with van der Waals surface area (Å²) in [6.07, 6.45) is 1.48. The molecule has 0 spiro atoms. The molecule has 2 aromatic rings. The van der Waals surface area contributed by atoms with Crippen molar-refractivity contribution in [1.82, 2.24) is 10.6 Å². The molecule has 0 unspecified atom stereocenters. The van der Waals surface area contributed by atoms with Crippen LogP contribution in [0.3, 0.4) is 0 Å². The molecular formula is C18H25IN4O2. The van der Waals surface area contributed by atoms with Gasteiger partial charge in [0.2, 0.25) is 0 Å². The Kier molecular flexibility index (Phi) is 7.95. The summed E-state index contributed by atoms with van der Waals surface area (Å²) in [7, 11) is 1.74. The molecule has 1 aromatic heterocycles. The van der Waals surface area contributed by atoms with Gasteiger partial charge in [-0.05, 0) is 50.6 Å². The molecule has 3 N–H and O–H groups in total. The number of benzene rings is 1. The van der Waals surface area contributed by atoms with E-state index < -0.39 is 0 Å². The minimum atomic E-state index is -0.268. The van der Waals surface area contributed by atoms with Crippen LogP contribution >= 0.6 is 24.0 Å². The van der Waals surface area contributed by atoms with E-state index in [1.165, 1.54) is 6.26 Å². The maximum Gasteiger partial charge on any atom is 0.291 e. The van der Waals surface area contributed by atoms with Crippen molar-refractivity contribution in [2.24, 2.45) is 4.99 Å². The van der Waals surface area contributed by atoms with Crippen molar-refractivity contribution < 1.29 is 9.21 Å². The number of amides is 1. The fraction of sp³-hybridized carbons (Fsp3) is 0.333. The van der Waals surface area contributed by atoms with Gasteiger partial charge < -0.3 is 20.4 Å². The van der Waals surface area contributed by atoms with Crippen LogP contribution in [-0.4, -0.2) is 24.5 Å². The molecule has 2 rings (SSSR count). The van der Waals surface area contributed by atoms with Crippen LogP contribution in [0.25, 0.3) is 0 Å². The molecule has 7 heteroatoms. The third kappa shape index (κ3) is 7.16. The lowest BCUT2D eigenvalue weighted by molar-refractivity contribution is 0.0996. The lowest BCUT2D eigenvalue weighted by atomic mass is 10.1. The van der Waals surface area contributed by atoms with Crippen LogP contribution in [-0.2, 0) is 6.54 Å². The third-order valence-electron chi connectivity index (χ3n) is 3.11. The number of furan rings is 1. The number of hydrogen-bond acceptors (Lipinski definition) is 3. The summed E-state index contributed by atoms with van der Waals surface area (Å²) in [4.78, 5) is 16.2. The van der Waals surface area contributed by atoms with Crippen LogP contribution in [0.1, 0.15) is 36.9 Å². The van der Waals surface area contributed by atoms with Gasteiger partial charge in [0.25, 0.3) is 5.91 Å². The van der Waals surface area contributed by atoms with E-state index in [0.29, 0.717) is 6.54 Å². The molecule has 0 aliphatic carbocycles. The number of nitrogens with zero attached hydrogens (tertiary/aromatic N) is 1. The Morgan fingerprint density at radius 3 is 2.56 bits per heavy atom. The fourth-order valence-corrected chi connectivity index (χ4v) is 2.08. The fourth-order valence-electron chi connectivity index (χ4n) is 2.08. The molecule has 6 nitrogen and oxygen atoms in total. The molecule has 0 atom stereocenters. The molecule has 0 bridgehead atoms. The Hall–Kier alpha value is -2.03. The number of aliphatic imine (C=N–C) groups is 1. The van der Waals surface area contributed by atoms with Gasteiger partial charge in [0.1, 0.15) is 0 Å². The third-order valence-corrected chi connectivity index (χ3v) is 3.11. The summed E-state index contributed by atoms with van der Waals surface area (Å²) in [6.45, 7) is 6.82. The quantitative estimate of drug-likeness (QED) is 0.373. The van der Waals surface area contributed by atoms with E-state index in [4.69, 9.17) is 4.42 Å². The van der Waals surface area contributed by atoms with Crippen molar-refractivity contribution in [2.45, 2.75) is 32.9 Å². The van der Waals surface area contributed by atoms with Crippen LogP contribution in [0, 0.1) is 0 Å². The van der Waals surface area contributed by atoms with E-state index in [1.54, 1.807) is 19.2 Å². The lowest BCUT2D eigenvalue weighted by Crippen LogP contribution is -2.47. The number of nitrogens with one attached hydrogen (secondary N) is 3. The van der Waals surface area contributed by atoms with Crippen LogP contribution < -0.4 is 16.0 Å².